The fourth-order valence-corrected chi connectivity index (χ4v) is 2.11. The lowest BCUT2D eigenvalue weighted by Crippen LogP contribution is -2.00. The molecule has 1 aromatic heterocycles. The number of halogens is 1. The van der Waals surface area contributed by atoms with Crippen molar-refractivity contribution in [3.8, 4) is 11.6 Å². The smallest absolute Gasteiger partial charge is 0.223 e. The van der Waals surface area contributed by atoms with Crippen molar-refractivity contribution in [1.29, 1.82) is 0 Å². The summed E-state index contributed by atoms with van der Waals surface area (Å²) in [6.45, 7) is 6.09. The van der Waals surface area contributed by atoms with Crippen molar-refractivity contribution in [1.82, 2.24) is 9.97 Å². The van der Waals surface area contributed by atoms with Crippen molar-refractivity contribution in [3.05, 3.63) is 52.4 Å². The van der Waals surface area contributed by atoms with Gasteiger partial charge >= 0.3 is 0 Å². The highest BCUT2D eigenvalue weighted by molar-refractivity contribution is 9.10. The van der Waals surface area contributed by atoms with Crippen molar-refractivity contribution < 1.29 is 4.74 Å². The van der Waals surface area contributed by atoms with Gasteiger partial charge in [0.15, 0.2) is 0 Å². The van der Waals surface area contributed by atoms with Gasteiger partial charge in [-0.15, -0.1) is 0 Å². The Hall–Kier alpha value is -1.68. The van der Waals surface area contributed by atoms with E-state index in [-0.39, 0.29) is 5.92 Å². The summed E-state index contributed by atoms with van der Waals surface area (Å²) in [6, 6.07) is 9.65. The van der Waals surface area contributed by atoms with E-state index in [0.29, 0.717) is 5.88 Å². The Morgan fingerprint density at radius 1 is 1.20 bits per heavy atom. The number of aromatic nitrogens is 2. The third-order valence-electron chi connectivity index (χ3n) is 2.68. The minimum Gasteiger partial charge on any atom is -0.438 e. The van der Waals surface area contributed by atoms with E-state index >= 15 is 0 Å². The molecule has 0 spiro atoms. The highest BCUT2D eigenvalue weighted by Crippen LogP contribution is 2.27. The Labute approximate surface area is 127 Å². The van der Waals surface area contributed by atoms with Crippen LogP contribution in [0.25, 0.3) is 6.08 Å². The quantitative estimate of drug-likeness (QED) is 0.723. The van der Waals surface area contributed by atoms with Gasteiger partial charge in [0.05, 0.1) is 0 Å². The maximum absolute atomic E-state index is 5.90. The normalized spacial score (nSPS) is 11.2. The van der Waals surface area contributed by atoms with Crippen LogP contribution in [0.3, 0.4) is 0 Å². The van der Waals surface area contributed by atoms with E-state index in [1.165, 1.54) is 0 Å². The van der Waals surface area contributed by atoms with Gasteiger partial charge in [-0.05, 0) is 28.9 Å². The van der Waals surface area contributed by atoms with E-state index in [2.05, 4.69) is 39.7 Å². The van der Waals surface area contributed by atoms with Crippen molar-refractivity contribution in [2.45, 2.75) is 26.7 Å². The van der Waals surface area contributed by atoms with Crippen LogP contribution in [0.5, 0.6) is 11.6 Å². The maximum atomic E-state index is 5.90. The molecule has 0 fully saturated rings. The number of rotatable bonds is 4. The van der Waals surface area contributed by atoms with Gasteiger partial charge in [0, 0.05) is 17.5 Å². The maximum Gasteiger partial charge on any atom is 0.223 e. The lowest BCUT2D eigenvalue weighted by Gasteiger charge is -2.10. The molecule has 0 amide bonds. The Morgan fingerprint density at radius 3 is 2.65 bits per heavy atom. The standard InChI is InChI=1S/C16H17BrN2O/c1-4-7-12-8-5-6-9-13(12)20-15-10-14(17)18-16(19-15)11(2)3/h4-11H,1-3H3/b7-4+. The highest BCUT2D eigenvalue weighted by Gasteiger charge is 2.09. The largest absolute Gasteiger partial charge is 0.438 e. The first-order valence-corrected chi connectivity index (χ1v) is 7.33. The number of allylic oxidation sites excluding steroid dienone is 1. The lowest BCUT2D eigenvalue weighted by molar-refractivity contribution is 0.455. The van der Waals surface area contributed by atoms with Crippen LogP contribution in [0, 0.1) is 0 Å². The molecule has 0 aliphatic heterocycles. The molecule has 0 saturated carbocycles. The summed E-state index contributed by atoms with van der Waals surface area (Å²) >= 11 is 3.40. The number of nitrogens with zero attached hydrogens (tertiary/aromatic N) is 2. The van der Waals surface area contributed by atoms with E-state index in [4.69, 9.17) is 4.74 Å². The number of hydrogen-bond donors (Lipinski definition) is 0. The highest BCUT2D eigenvalue weighted by atomic mass is 79.9. The van der Waals surface area contributed by atoms with Crippen LogP contribution >= 0.6 is 15.9 Å². The van der Waals surface area contributed by atoms with Crippen molar-refractivity contribution >= 4 is 22.0 Å². The van der Waals surface area contributed by atoms with Crippen LogP contribution in [0.2, 0.25) is 0 Å². The summed E-state index contributed by atoms with van der Waals surface area (Å²) in [5.74, 6) is 2.34. The summed E-state index contributed by atoms with van der Waals surface area (Å²) in [5, 5.41) is 0. The second-order valence-electron chi connectivity index (χ2n) is 4.68. The fraction of sp³-hybridized carbons (Fsp3) is 0.250. The van der Waals surface area contributed by atoms with Gasteiger partial charge in [0.2, 0.25) is 5.88 Å². The van der Waals surface area contributed by atoms with E-state index in [1.54, 1.807) is 6.07 Å². The van der Waals surface area contributed by atoms with Crippen LogP contribution in [0.15, 0.2) is 41.0 Å². The molecule has 0 aliphatic rings. The zero-order chi connectivity index (χ0) is 14.5. The monoisotopic (exact) mass is 332 g/mol. The molecule has 0 saturated heterocycles. The van der Waals surface area contributed by atoms with Crippen LogP contribution in [-0.2, 0) is 0 Å². The molecule has 0 aliphatic carbocycles. The Kier molecular flexibility index (Phi) is 4.90. The lowest BCUT2D eigenvalue weighted by atomic mass is 10.2. The molecule has 0 unspecified atom stereocenters. The third kappa shape index (κ3) is 3.67. The summed E-state index contributed by atoms with van der Waals surface area (Å²) in [5.41, 5.74) is 1.02. The molecular formula is C16H17BrN2O. The Balaban J connectivity index is 2.35. The van der Waals surface area contributed by atoms with E-state index in [9.17, 15) is 0 Å². The van der Waals surface area contributed by atoms with Gasteiger partial charge in [0.1, 0.15) is 16.2 Å². The van der Waals surface area contributed by atoms with E-state index in [1.807, 2.05) is 43.3 Å². The zero-order valence-electron chi connectivity index (χ0n) is 11.8. The Bertz CT molecular complexity index is 624. The van der Waals surface area contributed by atoms with Crippen molar-refractivity contribution in [2.75, 3.05) is 0 Å². The van der Waals surface area contributed by atoms with Gasteiger partial charge in [0.25, 0.3) is 0 Å². The van der Waals surface area contributed by atoms with Gasteiger partial charge < -0.3 is 4.74 Å². The molecule has 20 heavy (non-hydrogen) atoms. The summed E-state index contributed by atoms with van der Waals surface area (Å²) in [6.07, 6.45) is 3.99. The number of para-hydroxylation sites is 1. The molecule has 2 rings (SSSR count). The second kappa shape index (κ2) is 6.66. The fourth-order valence-electron chi connectivity index (χ4n) is 1.73. The zero-order valence-corrected chi connectivity index (χ0v) is 13.4. The molecule has 2 aromatic rings. The van der Waals surface area contributed by atoms with Gasteiger partial charge in [-0.25, -0.2) is 4.98 Å². The molecular weight excluding hydrogens is 316 g/mol. The van der Waals surface area contributed by atoms with E-state index in [0.717, 1.165) is 21.7 Å². The predicted molar refractivity (Wildman–Crippen MR) is 85.0 cm³/mol. The molecule has 0 atom stereocenters. The topological polar surface area (TPSA) is 35.0 Å². The van der Waals surface area contributed by atoms with Crippen LogP contribution in [-0.4, -0.2) is 9.97 Å². The minimum atomic E-state index is 0.251. The van der Waals surface area contributed by atoms with Crippen LogP contribution in [0.4, 0.5) is 0 Å². The van der Waals surface area contributed by atoms with E-state index < -0.39 is 0 Å². The van der Waals surface area contributed by atoms with Crippen molar-refractivity contribution in [3.63, 3.8) is 0 Å². The van der Waals surface area contributed by atoms with Crippen LogP contribution < -0.4 is 4.74 Å². The first-order chi connectivity index (χ1) is 9.60. The summed E-state index contributed by atoms with van der Waals surface area (Å²) < 4.78 is 6.63. The molecule has 3 nitrogen and oxygen atoms in total. The second-order valence-corrected chi connectivity index (χ2v) is 5.49. The average Bonchev–Trinajstić information content (AvgIpc) is 2.40. The SMILES string of the molecule is C/C=C/c1ccccc1Oc1cc(Br)nc(C(C)C)n1. The third-order valence-corrected chi connectivity index (χ3v) is 3.09. The predicted octanol–water partition coefficient (Wildman–Crippen LogP) is 5.19. The van der Waals surface area contributed by atoms with Gasteiger partial charge in [-0.2, -0.15) is 4.98 Å². The first kappa shape index (κ1) is 14.7. The molecule has 1 heterocycles. The van der Waals surface area contributed by atoms with Gasteiger partial charge in [-0.1, -0.05) is 44.2 Å². The summed E-state index contributed by atoms with van der Waals surface area (Å²) in [4.78, 5) is 8.79. The van der Waals surface area contributed by atoms with Gasteiger partial charge in [-0.3, -0.25) is 0 Å². The molecule has 104 valence electrons. The molecule has 0 bridgehead atoms. The molecule has 4 heteroatoms. The van der Waals surface area contributed by atoms with Crippen molar-refractivity contribution in [2.24, 2.45) is 0 Å². The average molecular weight is 333 g/mol. The number of benzene rings is 1. The minimum absolute atomic E-state index is 0.251. The first-order valence-electron chi connectivity index (χ1n) is 6.54. The van der Waals surface area contributed by atoms with Crippen LogP contribution in [0.1, 0.15) is 38.1 Å². The molecule has 0 radical (unpaired) electrons. The number of hydrogen-bond acceptors (Lipinski definition) is 3. The number of ether oxygens (including phenoxy) is 1. The molecule has 0 N–H and O–H groups in total. The molecule has 1 aromatic carbocycles. The summed E-state index contributed by atoms with van der Waals surface area (Å²) in [7, 11) is 0. The Morgan fingerprint density at radius 2 is 1.95 bits per heavy atom.